The topological polar surface area (TPSA) is 93.2 Å². The van der Waals surface area contributed by atoms with Crippen molar-refractivity contribution in [3.05, 3.63) is 39.8 Å². The highest BCUT2D eigenvalue weighted by molar-refractivity contribution is 7.17. The molecule has 0 bridgehead atoms. The Bertz CT molecular complexity index is 872. The van der Waals surface area contributed by atoms with E-state index in [1.807, 2.05) is 6.92 Å². The Morgan fingerprint density at radius 3 is 2.79 bits per heavy atom. The van der Waals surface area contributed by atoms with E-state index in [1.165, 1.54) is 22.4 Å². The number of anilines is 1. The highest BCUT2D eigenvalue weighted by Crippen LogP contribution is 2.38. The molecule has 2 aliphatic rings. The first-order chi connectivity index (χ1) is 13.6. The van der Waals surface area contributed by atoms with Crippen LogP contribution in [0, 0.1) is 6.92 Å². The summed E-state index contributed by atoms with van der Waals surface area (Å²) >= 11 is 1.50. The van der Waals surface area contributed by atoms with Crippen molar-refractivity contribution in [2.45, 2.75) is 51.6 Å². The summed E-state index contributed by atoms with van der Waals surface area (Å²) in [5.74, 6) is -0.487. The van der Waals surface area contributed by atoms with Crippen LogP contribution in [-0.2, 0) is 17.6 Å². The number of fused-ring (bicyclic) bond motifs is 1. The average molecular weight is 401 g/mol. The van der Waals surface area contributed by atoms with E-state index in [-0.39, 0.29) is 23.6 Å². The molecule has 1 aliphatic heterocycles. The number of nitrogens with one attached hydrogen (secondary N) is 2. The molecule has 3 heterocycles. The maximum Gasteiger partial charge on any atom is 0.276 e. The van der Waals surface area contributed by atoms with E-state index in [9.17, 15) is 9.59 Å². The van der Waals surface area contributed by atoms with E-state index in [2.05, 4.69) is 20.6 Å². The SMILES string of the molecule is Cc1cnc(C(=O)Nc2sc3c(c2C(=O)NC[C@H]2CCCO2)CCCC3)cn1. The molecule has 148 valence electrons. The fourth-order valence-corrected chi connectivity index (χ4v) is 4.95. The van der Waals surface area contributed by atoms with Crippen LogP contribution in [0.1, 0.15) is 62.7 Å². The van der Waals surface area contributed by atoms with Crippen LogP contribution in [0.25, 0.3) is 0 Å². The zero-order valence-corrected chi connectivity index (χ0v) is 16.7. The van der Waals surface area contributed by atoms with Gasteiger partial charge in [-0.2, -0.15) is 0 Å². The predicted octanol–water partition coefficient (Wildman–Crippen LogP) is 2.89. The second-order valence-corrected chi connectivity index (χ2v) is 8.36. The summed E-state index contributed by atoms with van der Waals surface area (Å²) in [5.41, 5.74) is 2.66. The Balaban J connectivity index is 1.55. The zero-order valence-electron chi connectivity index (χ0n) is 15.9. The number of aromatic nitrogens is 2. The lowest BCUT2D eigenvalue weighted by atomic mass is 9.95. The molecule has 1 saturated heterocycles. The van der Waals surface area contributed by atoms with Gasteiger partial charge in [0.1, 0.15) is 10.7 Å². The molecule has 4 rings (SSSR count). The van der Waals surface area contributed by atoms with Gasteiger partial charge >= 0.3 is 0 Å². The Kier molecular flexibility index (Phi) is 5.68. The molecule has 0 radical (unpaired) electrons. The molecule has 7 nitrogen and oxygen atoms in total. The third kappa shape index (κ3) is 4.07. The number of thiophene rings is 1. The molecule has 0 spiro atoms. The van der Waals surface area contributed by atoms with Gasteiger partial charge in [0.15, 0.2) is 0 Å². The number of carbonyl (C=O) groups excluding carboxylic acids is 2. The summed E-state index contributed by atoms with van der Waals surface area (Å²) in [5, 5.41) is 6.50. The van der Waals surface area contributed by atoms with E-state index in [1.54, 1.807) is 6.20 Å². The van der Waals surface area contributed by atoms with Gasteiger partial charge in [0, 0.05) is 24.2 Å². The molecule has 28 heavy (non-hydrogen) atoms. The van der Waals surface area contributed by atoms with Crippen molar-refractivity contribution in [1.82, 2.24) is 15.3 Å². The third-order valence-electron chi connectivity index (χ3n) is 5.15. The van der Waals surface area contributed by atoms with E-state index >= 15 is 0 Å². The van der Waals surface area contributed by atoms with Gasteiger partial charge in [0.2, 0.25) is 0 Å². The van der Waals surface area contributed by atoms with Crippen molar-refractivity contribution in [2.75, 3.05) is 18.5 Å². The summed E-state index contributed by atoms with van der Waals surface area (Å²) in [4.78, 5) is 35.1. The van der Waals surface area contributed by atoms with Crippen molar-refractivity contribution < 1.29 is 14.3 Å². The van der Waals surface area contributed by atoms with Crippen molar-refractivity contribution in [1.29, 1.82) is 0 Å². The van der Waals surface area contributed by atoms with Crippen LogP contribution in [0.5, 0.6) is 0 Å². The summed E-state index contributed by atoms with van der Waals surface area (Å²) in [7, 11) is 0. The number of amides is 2. The number of hydrogen-bond acceptors (Lipinski definition) is 6. The minimum absolute atomic E-state index is 0.0827. The summed E-state index contributed by atoms with van der Waals surface area (Å²) in [6, 6.07) is 0. The fourth-order valence-electron chi connectivity index (χ4n) is 3.67. The number of hydrogen-bond donors (Lipinski definition) is 2. The average Bonchev–Trinajstić information content (AvgIpc) is 3.34. The molecule has 2 aromatic rings. The van der Waals surface area contributed by atoms with Crippen LogP contribution >= 0.6 is 11.3 Å². The smallest absolute Gasteiger partial charge is 0.276 e. The molecule has 2 aromatic heterocycles. The fraction of sp³-hybridized carbons (Fsp3) is 0.500. The molecule has 1 aliphatic carbocycles. The van der Waals surface area contributed by atoms with Crippen molar-refractivity contribution in [2.24, 2.45) is 0 Å². The minimum Gasteiger partial charge on any atom is -0.376 e. The third-order valence-corrected chi connectivity index (χ3v) is 6.36. The number of aryl methyl sites for hydroxylation is 2. The molecule has 2 N–H and O–H groups in total. The lowest BCUT2D eigenvalue weighted by Gasteiger charge is -2.15. The van der Waals surface area contributed by atoms with E-state index < -0.39 is 0 Å². The van der Waals surface area contributed by atoms with Crippen LogP contribution in [0.3, 0.4) is 0 Å². The number of nitrogens with zero attached hydrogens (tertiary/aromatic N) is 2. The molecule has 0 aromatic carbocycles. The van der Waals surface area contributed by atoms with Gasteiger partial charge in [0.25, 0.3) is 11.8 Å². The van der Waals surface area contributed by atoms with Gasteiger partial charge in [-0.25, -0.2) is 4.98 Å². The standard InChI is InChI=1S/C20H24N4O3S/c1-12-9-22-15(11-21-12)18(25)24-20-17(14-6-2-3-7-16(14)28-20)19(26)23-10-13-5-4-8-27-13/h9,11,13H,2-8,10H2,1H3,(H,23,26)(H,24,25)/t13-/m1/s1. The van der Waals surface area contributed by atoms with Crippen LogP contribution in [0.2, 0.25) is 0 Å². The normalized spacial score (nSPS) is 18.5. The van der Waals surface area contributed by atoms with E-state index in [0.29, 0.717) is 17.1 Å². The molecule has 1 fully saturated rings. The maximum absolute atomic E-state index is 13.0. The lowest BCUT2D eigenvalue weighted by molar-refractivity contribution is 0.0858. The molecule has 0 saturated carbocycles. The van der Waals surface area contributed by atoms with E-state index in [0.717, 1.165) is 56.4 Å². The first-order valence-corrected chi connectivity index (χ1v) is 10.6. The molecular weight excluding hydrogens is 376 g/mol. The quantitative estimate of drug-likeness (QED) is 0.805. The van der Waals surface area contributed by atoms with Crippen molar-refractivity contribution in [3.8, 4) is 0 Å². The second-order valence-electron chi connectivity index (χ2n) is 7.26. The monoisotopic (exact) mass is 400 g/mol. The maximum atomic E-state index is 13.0. The molecular formula is C20H24N4O3S. The van der Waals surface area contributed by atoms with Gasteiger partial charge in [-0.1, -0.05) is 0 Å². The van der Waals surface area contributed by atoms with E-state index in [4.69, 9.17) is 4.74 Å². The Morgan fingerprint density at radius 1 is 1.18 bits per heavy atom. The molecule has 0 unspecified atom stereocenters. The molecule has 8 heteroatoms. The van der Waals surface area contributed by atoms with Crippen LogP contribution < -0.4 is 10.6 Å². The largest absolute Gasteiger partial charge is 0.376 e. The predicted molar refractivity (Wildman–Crippen MR) is 107 cm³/mol. The first-order valence-electron chi connectivity index (χ1n) is 9.76. The number of ether oxygens (including phenoxy) is 1. The Hall–Kier alpha value is -2.32. The van der Waals surface area contributed by atoms with Gasteiger partial charge in [0.05, 0.1) is 23.6 Å². The van der Waals surface area contributed by atoms with Gasteiger partial charge in [-0.3, -0.25) is 14.6 Å². The van der Waals surface area contributed by atoms with Gasteiger partial charge in [-0.15, -0.1) is 11.3 Å². The second kappa shape index (κ2) is 8.36. The number of rotatable bonds is 5. The summed E-state index contributed by atoms with van der Waals surface area (Å²) in [6.07, 6.45) is 9.10. The first kappa shape index (κ1) is 19.0. The summed E-state index contributed by atoms with van der Waals surface area (Å²) < 4.78 is 5.60. The Morgan fingerprint density at radius 2 is 2.04 bits per heavy atom. The molecule has 2 amide bonds. The molecule has 1 atom stereocenters. The van der Waals surface area contributed by atoms with Crippen LogP contribution in [-0.4, -0.2) is 41.0 Å². The van der Waals surface area contributed by atoms with Crippen molar-refractivity contribution >= 4 is 28.2 Å². The Labute approximate surface area is 167 Å². The zero-order chi connectivity index (χ0) is 19.5. The highest BCUT2D eigenvalue weighted by atomic mass is 32.1. The van der Waals surface area contributed by atoms with Crippen LogP contribution in [0.4, 0.5) is 5.00 Å². The van der Waals surface area contributed by atoms with Crippen LogP contribution in [0.15, 0.2) is 12.4 Å². The summed E-state index contributed by atoms with van der Waals surface area (Å²) in [6.45, 7) is 3.08. The highest BCUT2D eigenvalue weighted by Gasteiger charge is 2.27. The number of carbonyl (C=O) groups is 2. The lowest BCUT2D eigenvalue weighted by Crippen LogP contribution is -2.32. The van der Waals surface area contributed by atoms with Gasteiger partial charge in [-0.05, 0) is 51.0 Å². The van der Waals surface area contributed by atoms with Gasteiger partial charge < -0.3 is 15.4 Å². The minimum atomic E-state index is -0.348. The van der Waals surface area contributed by atoms with Crippen molar-refractivity contribution in [3.63, 3.8) is 0 Å².